The number of ether oxygens (including phenoxy) is 1. The molecule has 0 aliphatic carbocycles. The van der Waals surface area contributed by atoms with E-state index in [1.54, 1.807) is 119 Å². The molecule has 6 aromatic heterocycles. The number of hydrogen-bond acceptors (Lipinski definition) is 15. The van der Waals surface area contributed by atoms with E-state index in [1.165, 1.54) is 9.13 Å². The van der Waals surface area contributed by atoms with E-state index in [9.17, 15) is 34.2 Å². The van der Waals surface area contributed by atoms with Crippen molar-refractivity contribution >= 4 is 39.7 Å². The molecule has 10 aromatic rings. The number of benzene rings is 4. The van der Waals surface area contributed by atoms with Gasteiger partial charge in [-0.25, -0.2) is 34.3 Å². The van der Waals surface area contributed by atoms with Crippen LogP contribution in [-0.4, -0.2) is 121 Å². The van der Waals surface area contributed by atoms with E-state index in [4.69, 9.17) is 4.74 Å². The van der Waals surface area contributed by atoms with Gasteiger partial charge in [0.25, 0.3) is 11.8 Å². The molecule has 4 atom stereocenters. The Kier molecular flexibility index (Phi) is 16.6. The minimum Gasteiger partial charge on any atom is -0.444 e. The number of carbonyl (C=O) groups excluding carboxylic acids is 3. The summed E-state index contributed by atoms with van der Waals surface area (Å²) in [7, 11) is 0. The van der Waals surface area contributed by atoms with E-state index in [2.05, 4.69) is 46.1 Å². The maximum absolute atomic E-state index is 14.2. The number of aliphatic hydroxyl groups is 2. The zero-order chi connectivity index (χ0) is 61.3. The molecule has 0 saturated heterocycles. The molecule has 2 aliphatic heterocycles. The third-order valence-corrected chi connectivity index (χ3v) is 15.1. The van der Waals surface area contributed by atoms with Gasteiger partial charge in [-0.1, -0.05) is 48.5 Å². The van der Waals surface area contributed by atoms with E-state index in [-0.39, 0.29) is 55.6 Å². The Morgan fingerprint density at radius 3 is 1.57 bits per heavy atom. The highest BCUT2D eigenvalue weighted by Crippen LogP contribution is 2.29. The van der Waals surface area contributed by atoms with Crippen LogP contribution in [0.3, 0.4) is 0 Å². The van der Waals surface area contributed by atoms with Crippen molar-refractivity contribution in [1.29, 1.82) is 0 Å². The van der Waals surface area contributed by atoms with Gasteiger partial charge in [-0.05, 0) is 108 Å². The Morgan fingerprint density at radius 1 is 0.644 bits per heavy atom. The molecule has 4 aromatic carbocycles. The van der Waals surface area contributed by atoms with Crippen LogP contribution < -0.4 is 27.3 Å². The molecule has 3 amide bonds. The lowest BCUT2D eigenvalue weighted by Crippen LogP contribution is -2.48. The summed E-state index contributed by atoms with van der Waals surface area (Å²) in [6.07, 6.45) is 8.38. The quantitative estimate of drug-likeness (QED) is 0.0817. The van der Waals surface area contributed by atoms with Crippen LogP contribution >= 0.6 is 0 Å². The Hall–Kier alpha value is -9.91. The first-order valence-corrected chi connectivity index (χ1v) is 28.8. The fourth-order valence-electron chi connectivity index (χ4n) is 11.1. The second kappa shape index (κ2) is 24.6. The molecule has 87 heavy (non-hydrogen) atoms. The van der Waals surface area contributed by atoms with Crippen LogP contribution in [0.2, 0.25) is 0 Å². The molecule has 0 fully saturated rings. The molecular formula is C63H68N16O8. The van der Waals surface area contributed by atoms with Crippen molar-refractivity contribution in [3.8, 4) is 34.2 Å². The maximum Gasteiger partial charge on any atom is 0.410 e. The topological polar surface area (TPSA) is 281 Å². The zero-order valence-corrected chi connectivity index (χ0v) is 49.3. The van der Waals surface area contributed by atoms with Crippen LogP contribution in [-0.2, 0) is 57.1 Å². The normalized spacial score (nSPS) is 15.5. The molecular weight excluding hydrogens is 1110 g/mol. The molecule has 5 N–H and O–H groups in total. The number of nitrogens with one attached hydrogen (secondary N) is 3. The van der Waals surface area contributed by atoms with Crippen molar-refractivity contribution in [2.75, 3.05) is 0 Å². The number of hydrogen-bond donors (Lipinski definition) is 5. The summed E-state index contributed by atoms with van der Waals surface area (Å²) in [4.78, 5) is 88.2. The lowest BCUT2D eigenvalue weighted by Gasteiger charge is -2.35. The zero-order valence-electron chi connectivity index (χ0n) is 49.3. The van der Waals surface area contributed by atoms with Gasteiger partial charge in [0.05, 0.1) is 84.1 Å². The van der Waals surface area contributed by atoms with Crippen molar-refractivity contribution in [1.82, 2.24) is 78.6 Å². The highest BCUT2D eigenvalue weighted by Gasteiger charge is 2.37. The Labute approximate surface area is 499 Å². The van der Waals surface area contributed by atoms with Crippen molar-refractivity contribution in [2.24, 2.45) is 0 Å². The fraction of sp³-hybridized carbons (Fsp3) is 0.317. The van der Waals surface area contributed by atoms with Gasteiger partial charge in [-0.3, -0.25) is 42.1 Å². The summed E-state index contributed by atoms with van der Waals surface area (Å²) in [5, 5.41) is 39.5. The van der Waals surface area contributed by atoms with Crippen molar-refractivity contribution in [2.45, 2.75) is 131 Å². The van der Waals surface area contributed by atoms with Gasteiger partial charge in [-0.2, -0.15) is 10.2 Å². The summed E-state index contributed by atoms with van der Waals surface area (Å²) in [6.45, 7) is 14.7. The number of nitrogens with zero attached hydrogens (tertiary/aromatic N) is 13. The van der Waals surface area contributed by atoms with E-state index >= 15 is 0 Å². The number of aromatic nitrogens is 12. The number of aliphatic hydroxyl groups excluding tert-OH is 2. The van der Waals surface area contributed by atoms with Crippen LogP contribution in [0.5, 0.6) is 0 Å². The average molecular weight is 1180 g/mol. The fourth-order valence-corrected chi connectivity index (χ4v) is 11.1. The Bertz CT molecular complexity index is 4300. The summed E-state index contributed by atoms with van der Waals surface area (Å²) in [6, 6.07) is 29.3. The molecule has 0 spiro atoms. The standard InChI is InChI=1S/C34H38N8O5.C29H30N8O3/c1-21-18-40-28(20-39(21)33(46)47-34(3,4)5)29(31(44)37-16-23-9-6-7-10-26(23)30-35-13-8-14-36-30)42(32(40)45)25-11-12-27-24(15-25)17-38-41(27)19-22(2)43;1-18-16-35-25(15-32-18)26(28(39)33-13-20-6-3-4-7-23(20)27-30-10-5-11-31-27)37(29(35)40)22-8-9-24-21(12-22)14-34-36(24)17-19(2)38/h6-15,17,21-22,43H,16,18-20H2,1-5H3,(H,37,44);3-12,14,18-19,32,38H,13,15-17H2,1-2H3,(H,33,39)/t21?,22-;18?,19-/m11/s1. The van der Waals surface area contributed by atoms with Gasteiger partial charge in [0, 0.05) is 85.5 Å². The maximum atomic E-state index is 14.2. The molecule has 24 heteroatoms. The molecule has 24 nitrogen and oxygen atoms in total. The SMILES string of the molecule is CC1Cn2c(c(C(=O)NCc3ccccc3-c3ncccn3)n(-c3ccc4c(cnn4C[C@@H](C)O)c3)c2=O)CN1.CC1Cn2c(c(C(=O)NCc3ccccc3-c3ncccn3)n(-c3ccc4c(cnn4C[C@@H](C)O)c3)c2=O)CN1C(=O)OC(C)(C)C. The number of fused-ring (bicyclic) bond motifs is 4. The highest BCUT2D eigenvalue weighted by molar-refractivity contribution is 5.96. The lowest BCUT2D eigenvalue weighted by atomic mass is 10.1. The van der Waals surface area contributed by atoms with Gasteiger partial charge in [0.15, 0.2) is 11.6 Å². The lowest BCUT2D eigenvalue weighted by molar-refractivity contribution is 0.00948. The molecule has 0 bridgehead atoms. The van der Waals surface area contributed by atoms with Crippen molar-refractivity contribution in [3.05, 3.63) is 189 Å². The van der Waals surface area contributed by atoms with Crippen LogP contribution in [0.25, 0.3) is 56.0 Å². The smallest absolute Gasteiger partial charge is 0.410 e. The van der Waals surface area contributed by atoms with Crippen LogP contribution in [0.1, 0.15) is 92.0 Å². The molecule has 448 valence electrons. The number of rotatable bonds is 14. The molecule has 2 unspecified atom stereocenters. The molecule has 2 aliphatic rings. The first-order chi connectivity index (χ1) is 41.8. The van der Waals surface area contributed by atoms with Gasteiger partial charge < -0.3 is 30.9 Å². The Balaban J connectivity index is 0.000000182. The highest BCUT2D eigenvalue weighted by atomic mass is 16.6. The Morgan fingerprint density at radius 2 is 1.10 bits per heavy atom. The van der Waals surface area contributed by atoms with E-state index in [0.717, 1.165) is 44.1 Å². The predicted molar refractivity (Wildman–Crippen MR) is 325 cm³/mol. The molecule has 0 radical (unpaired) electrons. The van der Waals surface area contributed by atoms with Crippen LogP contribution in [0.4, 0.5) is 4.79 Å². The van der Waals surface area contributed by atoms with Gasteiger partial charge >= 0.3 is 17.5 Å². The monoisotopic (exact) mass is 1180 g/mol. The molecule has 0 saturated carbocycles. The average Bonchev–Trinajstić information content (AvgIpc) is 1.85. The molecule has 12 rings (SSSR count). The van der Waals surface area contributed by atoms with E-state index in [1.807, 2.05) is 86.6 Å². The van der Waals surface area contributed by atoms with E-state index in [0.29, 0.717) is 66.3 Å². The van der Waals surface area contributed by atoms with E-state index < -0.39 is 35.5 Å². The molecule has 8 heterocycles. The second-order valence-electron chi connectivity index (χ2n) is 22.9. The summed E-state index contributed by atoms with van der Waals surface area (Å²) >= 11 is 0. The summed E-state index contributed by atoms with van der Waals surface area (Å²) < 4.78 is 15.2. The van der Waals surface area contributed by atoms with Crippen molar-refractivity contribution < 1.29 is 29.3 Å². The number of imidazole rings is 2. The van der Waals surface area contributed by atoms with Gasteiger partial charge in [0.1, 0.15) is 17.0 Å². The first-order valence-electron chi connectivity index (χ1n) is 28.8. The second-order valence-corrected chi connectivity index (χ2v) is 22.9. The third-order valence-electron chi connectivity index (χ3n) is 15.1. The minimum atomic E-state index is -0.719. The van der Waals surface area contributed by atoms with Crippen LogP contribution in [0, 0.1) is 0 Å². The number of amides is 3. The largest absolute Gasteiger partial charge is 0.444 e. The third kappa shape index (κ3) is 12.3. The minimum absolute atomic E-state index is 0.00405. The first kappa shape index (κ1) is 58.8. The van der Waals surface area contributed by atoms with Crippen molar-refractivity contribution in [3.63, 3.8) is 0 Å². The van der Waals surface area contributed by atoms with Gasteiger partial charge in [-0.15, -0.1) is 0 Å². The van der Waals surface area contributed by atoms with Crippen LogP contribution in [0.15, 0.2) is 144 Å². The summed E-state index contributed by atoms with van der Waals surface area (Å²) in [5.41, 5.74) is 6.02. The number of carbonyl (C=O) groups is 3. The van der Waals surface area contributed by atoms with Gasteiger partial charge in [0.2, 0.25) is 0 Å². The predicted octanol–water partition coefficient (Wildman–Crippen LogP) is 6.14. The summed E-state index contributed by atoms with van der Waals surface area (Å²) in [5.74, 6) is 0.272.